The number of ether oxygens (including phenoxy) is 1. The quantitative estimate of drug-likeness (QED) is 0.595. The van der Waals surface area contributed by atoms with E-state index >= 15 is 0 Å². The Kier molecular flexibility index (Phi) is 4.99. The van der Waals surface area contributed by atoms with E-state index in [1.807, 2.05) is 27.7 Å². The van der Waals surface area contributed by atoms with Gasteiger partial charge in [-0.1, -0.05) is 20.8 Å². The number of H-pyrrole nitrogens is 1. The third-order valence-electron chi connectivity index (χ3n) is 5.98. The highest BCUT2D eigenvalue weighted by molar-refractivity contribution is 6.09. The Labute approximate surface area is 186 Å². The highest BCUT2D eigenvalue weighted by atomic mass is 19.4. The van der Waals surface area contributed by atoms with Crippen molar-refractivity contribution in [3.05, 3.63) is 58.0 Å². The van der Waals surface area contributed by atoms with Gasteiger partial charge in [-0.2, -0.15) is 13.2 Å². The number of imidazole rings is 1. The molecule has 1 unspecified atom stereocenters. The smallest absolute Gasteiger partial charge is 0.405 e. The molecule has 0 spiro atoms. The molecule has 174 valence electrons. The van der Waals surface area contributed by atoms with Gasteiger partial charge >= 0.3 is 17.8 Å². The molecule has 1 aromatic carbocycles. The number of esters is 1. The zero-order chi connectivity index (χ0) is 24.3. The highest BCUT2D eigenvalue weighted by Crippen LogP contribution is 2.35. The van der Waals surface area contributed by atoms with Crippen LogP contribution < -0.4 is 5.69 Å². The summed E-state index contributed by atoms with van der Waals surface area (Å²) in [5.41, 5.74) is -0.327. The van der Waals surface area contributed by atoms with Crippen LogP contribution in [0.15, 0.2) is 40.4 Å². The molecule has 0 saturated heterocycles. The highest BCUT2D eigenvalue weighted by Gasteiger charge is 2.45. The monoisotopic (exact) mass is 461 g/mol. The first-order valence-corrected chi connectivity index (χ1v) is 10.2. The maximum atomic E-state index is 12.8. The van der Waals surface area contributed by atoms with Gasteiger partial charge in [0.25, 0.3) is 0 Å². The molecule has 0 bridgehead atoms. The number of hydrogen-bond acceptors (Lipinski definition) is 6. The molecular formula is C22H22F3N5O3. The number of halogens is 3. The number of aromatic nitrogens is 4. The SMILES string of the molecule is C[C@@H](n1c(=O)[nH]c2ccc(C3=NC(C)(c4cnc(C(F)(F)F)nc4)C(=O)O3)cc21)C(C)(C)C. The minimum Gasteiger partial charge on any atom is -0.405 e. The summed E-state index contributed by atoms with van der Waals surface area (Å²) in [6.07, 6.45) is -2.86. The lowest BCUT2D eigenvalue weighted by Crippen LogP contribution is -2.29. The molecule has 0 radical (unpaired) electrons. The van der Waals surface area contributed by atoms with Crippen molar-refractivity contribution in [1.29, 1.82) is 0 Å². The Hall–Kier alpha value is -3.50. The molecular weight excluding hydrogens is 439 g/mol. The fourth-order valence-corrected chi connectivity index (χ4v) is 3.52. The van der Waals surface area contributed by atoms with Crippen LogP contribution in [0.2, 0.25) is 0 Å². The molecule has 1 N–H and O–H groups in total. The number of carbonyl (C=O) groups is 1. The van der Waals surface area contributed by atoms with Gasteiger partial charge in [-0.25, -0.2) is 24.5 Å². The zero-order valence-electron chi connectivity index (χ0n) is 18.6. The van der Waals surface area contributed by atoms with Crippen molar-refractivity contribution in [2.75, 3.05) is 0 Å². The first-order valence-electron chi connectivity index (χ1n) is 10.2. The van der Waals surface area contributed by atoms with Crippen molar-refractivity contribution in [2.24, 2.45) is 10.4 Å². The van der Waals surface area contributed by atoms with Crippen LogP contribution in [0.1, 0.15) is 57.6 Å². The summed E-state index contributed by atoms with van der Waals surface area (Å²) < 4.78 is 45.3. The molecule has 0 saturated carbocycles. The summed E-state index contributed by atoms with van der Waals surface area (Å²) in [5, 5.41) is 0. The van der Waals surface area contributed by atoms with Gasteiger partial charge < -0.3 is 9.72 Å². The van der Waals surface area contributed by atoms with Gasteiger partial charge in [0.05, 0.1) is 11.0 Å². The lowest BCUT2D eigenvalue weighted by Gasteiger charge is -2.28. The van der Waals surface area contributed by atoms with Gasteiger partial charge in [0.15, 0.2) is 5.54 Å². The second-order valence-corrected chi connectivity index (χ2v) is 9.25. The Morgan fingerprint density at radius 3 is 2.33 bits per heavy atom. The van der Waals surface area contributed by atoms with Gasteiger partial charge in [-0.05, 0) is 37.5 Å². The van der Waals surface area contributed by atoms with E-state index in [-0.39, 0.29) is 28.6 Å². The third kappa shape index (κ3) is 3.81. The van der Waals surface area contributed by atoms with E-state index in [1.165, 1.54) is 6.92 Å². The van der Waals surface area contributed by atoms with E-state index in [4.69, 9.17) is 4.74 Å². The first kappa shape index (κ1) is 22.7. The average molecular weight is 461 g/mol. The van der Waals surface area contributed by atoms with Crippen LogP contribution in [0, 0.1) is 5.41 Å². The van der Waals surface area contributed by atoms with Gasteiger partial charge in [-0.15, -0.1) is 0 Å². The molecule has 3 heterocycles. The molecule has 0 fully saturated rings. The average Bonchev–Trinajstić information content (AvgIpc) is 3.21. The molecule has 2 atom stereocenters. The number of rotatable bonds is 3. The maximum Gasteiger partial charge on any atom is 0.451 e. The molecule has 0 amide bonds. The summed E-state index contributed by atoms with van der Waals surface area (Å²) in [6, 6.07) is 4.88. The number of nitrogens with one attached hydrogen (secondary N) is 1. The normalized spacial score (nSPS) is 20.1. The summed E-state index contributed by atoms with van der Waals surface area (Å²) in [5.74, 6) is -2.09. The van der Waals surface area contributed by atoms with E-state index in [2.05, 4.69) is 19.9 Å². The number of aliphatic imine (C=N–C) groups is 1. The lowest BCUT2D eigenvalue weighted by atomic mass is 9.88. The fraction of sp³-hybridized carbons (Fsp3) is 0.409. The van der Waals surface area contributed by atoms with Crippen molar-refractivity contribution in [1.82, 2.24) is 19.5 Å². The van der Waals surface area contributed by atoms with E-state index < -0.39 is 23.5 Å². The number of alkyl halides is 3. The van der Waals surface area contributed by atoms with Crippen LogP contribution in [0.5, 0.6) is 0 Å². The number of aromatic amines is 1. The van der Waals surface area contributed by atoms with Crippen molar-refractivity contribution >= 4 is 22.9 Å². The summed E-state index contributed by atoms with van der Waals surface area (Å²) >= 11 is 0. The van der Waals surface area contributed by atoms with Crippen molar-refractivity contribution in [2.45, 2.75) is 52.4 Å². The van der Waals surface area contributed by atoms with Gasteiger partial charge in [-0.3, -0.25) is 4.57 Å². The Balaban J connectivity index is 1.77. The van der Waals surface area contributed by atoms with Crippen LogP contribution >= 0.6 is 0 Å². The summed E-state index contributed by atoms with van der Waals surface area (Å²) in [4.78, 5) is 39.1. The first-order chi connectivity index (χ1) is 15.2. The predicted octanol–water partition coefficient (Wildman–Crippen LogP) is 3.96. The molecule has 8 nitrogen and oxygen atoms in total. The van der Waals surface area contributed by atoms with Crippen molar-refractivity contribution in [3.63, 3.8) is 0 Å². The van der Waals surface area contributed by atoms with Crippen LogP contribution in [-0.4, -0.2) is 31.4 Å². The second-order valence-electron chi connectivity index (χ2n) is 9.25. The second kappa shape index (κ2) is 7.26. The number of hydrogen-bond donors (Lipinski definition) is 1. The minimum absolute atomic E-state index is 0.00657. The summed E-state index contributed by atoms with van der Waals surface area (Å²) in [7, 11) is 0. The van der Waals surface area contributed by atoms with Crippen molar-refractivity contribution in [3.8, 4) is 0 Å². The Morgan fingerprint density at radius 2 is 1.76 bits per heavy atom. The number of benzene rings is 1. The molecule has 11 heteroatoms. The van der Waals surface area contributed by atoms with Gasteiger partial charge in [0.2, 0.25) is 11.7 Å². The van der Waals surface area contributed by atoms with Crippen LogP contribution in [-0.2, 0) is 21.2 Å². The zero-order valence-corrected chi connectivity index (χ0v) is 18.6. The number of fused-ring (bicyclic) bond motifs is 1. The number of nitrogens with zero attached hydrogens (tertiary/aromatic N) is 4. The molecule has 4 rings (SSSR count). The van der Waals surface area contributed by atoms with Gasteiger partial charge in [0.1, 0.15) is 0 Å². The standard InChI is InChI=1S/C22H22F3N5O3/c1-11(20(2,3)4)30-15-8-12(6-7-14(15)28-19(30)32)16-29-21(5,18(31)33-16)13-9-26-17(27-10-13)22(23,24)25/h6-11H,1-5H3,(H,28,32)/t11-,21?/m1/s1. The van der Waals surface area contributed by atoms with Crippen molar-refractivity contribution < 1.29 is 22.7 Å². The number of carbonyl (C=O) groups excluding carboxylic acids is 1. The van der Waals surface area contributed by atoms with E-state index in [0.29, 0.717) is 16.6 Å². The molecule has 1 aliphatic heterocycles. The minimum atomic E-state index is -4.70. The topological polar surface area (TPSA) is 102 Å². The summed E-state index contributed by atoms with van der Waals surface area (Å²) in [6.45, 7) is 9.42. The molecule has 1 aliphatic rings. The van der Waals surface area contributed by atoms with E-state index in [1.54, 1.807) is 22.8 Å². The van der Waals surface area contributed by atoms with Crippen LogP contribution in [0.4, 0.5) is 13.2 Å². The molecule has 2 aromatic heterocycles. The predicted molar refractivity (Wildman–Crippen MR) is 114 cm³/mol. The lowest BCUT2D eigenvalue weighted by molar-refractivity contribution is -0.145. The molecule has 0 aliphatic carbocycles. The van der Waals surface area contributed by atoms with Crippen LogP contribution in [0.25, 0.3) is 11.0 Å². The molecule has 33 heavy (non-hydrogen) atoms. The fourth-order valence-electron chi connectivity index (χ4n) is 3.52. The van der Waals surface area contributed by atoms with Crippen LogP contribution in [0.3, 0.4) is 0 Å². The largest absolute Gasteiger partial charge is 0.451 e. The molecule has 3 aromatic rings. The Morgan fingerprint density at radius 1 is 1.12 bits per heavy atom. The van der Waals surface area contributed by atoms with Gasteiger partial charge in [0, 0.05) is 29.6 Å². The third-order valence-corrected chi connectivity index (χ3v) is 5.98. The van der Waals surface area contributed by atoms with E-state index in [0.717, 1.165) is 12.4 Å². The number of cyclic esters (lactones) is 1. The maximum absolute atomic E-state index is 12.8. The van der Waals surface area contributed by atoms with E-state index in [9.17, 15) is 22.8 Å². The Bertz CT molecular complexity index is 1330.